The second-order valence-corrected chi connectivity index (χ2v) is 3.60. The first kappa shape index (κ1) is 15.6. The summed E-state index contributed by atoms with van der Waals surface area (Å²) in [6, 6.07) is 2.76. The Labute approximate surface area is 131 Å². The Hall–Kier alpha value is 0.620. The molecule has 0 aliphatic rings. The summed E-state index contributed by atoms with van der Waals surface area (Å²) in [5.41, 5.74) is 0. The molecule has 0 saturated heterocycles. The fraction of sp³-hybridized carbons (Fsp3) is 0.125. The summed E-state index contributed by atoms with van der Waals surface area (Å²) in [6.07, 6.45) is 0. The first-order valence-corrected chi connectivity index (χ1v) is 4.63. The van der Waals surface area contributed by atoms with Crippen molar-refractivity contribution in [1.82, 2.24) is 0 Å². The van der Waals surface area contributed by atoms with E-state index in [0.29, 0.717) is 5.02 Å². The Morgan fingerprint density at radius 1 is 1.20 bits per heavy atom. The van der Waals surface area contributed by atoms with Gasteiger partial charge in [0.1, 0.15) is 5.75 Å². The number of aliphatic carboxylic acids is 1. The number of rotatable bonds is 3. The summed E-state index contributed by atoms with van der Waals surface area (Å²) in [7, 11) is 0. The van der Waals surface area contributed by atoms with E-state index >= 15 is 0 Å². The van der Waals surface area contributed by atoms with Gasteiger partial charge in [0, 0.05) is 6.07 Å². The summed E-state index contributed by atoms with van der Waals surface area (Å²) in [5.74, 6) is -0.893. The molecule has 1 rings (SSSR count). The molecule has 0 atom stereocenters. The Morgan fingerprint density at radius 2 is 1.73 bits per heavy atom. The van der Waals surface area contributed by atoms with Crippen LogP contribution in [0.15, 0.2) is 12.1 Å². The predicted molar refractivity (Wildman–Crippen MR) is 63.1 cm³/mol. The van der Waals surface area contributed by atoms with E-state index in [1.165, 1.54) is 12.1 Å². The van der Waals surface area contributed by atoms with Gasteiger partial charge < -0.3 is 9.84 Å². The third-order valence-corrected chi connectivity index (χ3v) is 2.34. The number of halogens is 3. The van der Waals surface area contributed by atoms with Crippen LogP contribution in [0.25, 0.3) is 0 Å². The fourth-order valence-electron chi connectivity index (χ4n) is 0.754. The topological polar surface area (TPSA) is 46.5 Å². The first-order chi connectivity index (χ1) is 6.50. The fourth-order valence-corrected chi connectivity index (χ4v) is 1.35. The number of ether oxygens (including phenoxy) is 1. The number of carboxylic acids is 1. The first-order valence-electron chi connectivity index (χ1n) is 3.50. The number of hydrogen-bond donors (Lipinski definition) is 1. The Morgan fingerprint density at radius 3 is 2.27 bits per heavy atom. The van der Waals surface area contributed by atoms with Gasteiger partial charge in [-0.2, -0.15) is 0 Å². The Bertz CT molecular complexity index is 370. The molecule has 0 amide bonds. The van der Waals surface area contributed by atoms with Crippen molar-refractivity contribution < 1.29 is 14.6 Å². The summed E-state index contributed by atoms with van der Waals surface area (Å²) < 4.78 is 4.86. The standard InChI is InChI=1S/C8H5Cl3O3.Ca.2H/c9-4-1-6(11)7(2-5(4)10)14-3-8(12)13;;;/h1-2H,3H2,(H,12,13);;;. The van der Waals surface area contributed by atoms with Crippen molar-refractivity contribution in [2.75, 3.05) is 6.61 Å². The van der Waals surface area contributed by atoms with E-state index in [-0.39, 0.29) is 53.5 Å². The second kappa shape index (κ2) is 7.05. The molecule has 7 heteroatoms. The molecule has 0 aromatic heterocycles. The zero-order chi connectivity index (χ0) is 10.7. The average molecular weight is 298 g/mol. The molecular formula is C8H7CaCl3O3. The molecule has 80 valence electrons. The third kappa shape index (κ3) is 4.98. The van der Waals surface area contributed by atoms with Crippen LogP contribution in [0.3, 0.4) is 0 Å². The van der Waals surface area contributed by atoms with Gasteiger partial charge in [-0.25, -0.2) is 4.79 Å². The zero-order valence-electron chi connectivity index (χ0n) is 6.76. The van der Waals surface area contributed by atoms with Crippen LogP contribution in [0.1, 0.15) is 0 Å². The van der Waals surface area contributed by atoms with Gasteiger partial charge in [-0.3, -0.25) is 0 Å². The molecule has 0 unspecified atom stereocenters. The maximum atomic E-state index is 10.2. The van der Waals surface area contributed by atoms with Gasteiger partial charge >= 0.3 is 43.7 Å². The Balaban J connectivity index is 0.00000196. The van der Waals surface area contributed by atoms with Crippen molar-refractivity contribution in [1.29, 1.82) is 0 Å². The van der Waals surface area contributed by atoms with Gasteiger partial charge in [-0.1, -0.05) is 34.8 Å². The van der Waals surface area contributed by atoms with Crippen LogP contribution >= 0.6 is 34.8 Å². The molecule has 15 heavy (non-hydrogen) atoms. The molecule has 0 radical (unpaired) electrons. The molecule has 0 fully saturated rings. The monoisotopic (exact) mass is 296 g/mol. The number of benzene rings is 1. The van der Waals surface area contributed by atoms with E-state index < -0.39 is 12.6 Å². The molecule has 0 aliphatic carbocycles. The summed E-state index contributed by atoms with van der Waals surface area (Å²) in [6.45, 7) is -0.475. The predicted octanol–water partition coefficient (Wildman–Crippen LogP) is 2.19. The quantitative estimate of drug-likeness (QED) is 0.687. The van der Waals surface area contributed by atoms with Crippen molar-refractivity contribution in [3.63, 3.8) is 0 Å². The Kier molecular flexibility index (Phi) is 7.34. The van der Waals surface area contributed by atoms with Crippen LogP contribution in [0.2, 0.25) is 15.1 Å². The van der Waals surface area contributed by atoms with Crippen LogP contribution in [-0.2, 0) is 4.79 Å². The van der Waals surface area contributed by atoms with Crippen molar-refractivity contribution in [2.24, 2.45) is 0 Å². The second-order valence-electron chi connectivity index (χ2n) is 2.38. The average Bonchev–Trinajstić information content (AvgIpc) is 2.09. The van der Waals surface area contributed by atoms with Gasteiger partial charge in [0.15, 0.2) is 6.61 Å². The number of carbonyl (C=O) groups is 1. The van der Waals surface area contributed by atoms with E-state index in [9.17, 15) is 4.79 Å². The summed E-state index contributed by atoms with van der Waals surface area (Å²) in [5, 5.41) is 9.14. The van der Waals surface area contributed by atoms with Crippen molar-refractivity contribution in [3.8, 4) is 5.75 Å². The van der Waals surface area contributed by atoms with Gasteiger partial charge in [0.25, 0.3) is 0 Å². The molecule has 0 spiro atoms. The summed E-state index contributed by atoms with van der Waals surface area (Å²) >= 11 is 17.1. The molecule has 0 bridgehead atoms. The van der Waals surface area contributed by atoms with E-state index in [2.05, 4.69) is 0 Å². The van der Waals surface area contributed by atoms with Crippen LogP contribution < -0.4 is 4.74 Å². The van der Waals surface area contributed by atoms with E-state index in [4.69, 9.17) is 44.6 Å². The summed E-state index contributed by atoms with van der Waals surface area (Å²) in [4.78, 5) is 10.2. The molecular weight excluding hydrogens is 291 g/mol. The van der Waals surface area contributed by atoms with Crippen LogP contribution in [0.5, 0.6) is 5.75 Å². The molecule has 3 nitrogen and oxygen atoms in total. The van der Waals surface area contributed by atoms with E-state index in [1.54, 1.807) is 0 Å². The molecule has 1 N–H and O–H groups in total. The molecule has 0 saturated carbocycles. The molecule has 1 aromatic rings. The third-order valence-electron chi connectivity index (χ3n) is 1.33. The number of hydrogen-bond acceptors (Lipinski definition) is 2. The minimum atomic E-state index is -1.09. The normalized spacial score (nSPS) is 9.27. The van der Waals surface area contributed by atoms with Crippen molar-refractivity contribution in [2.45, 2.75) is 0 Å². The van der Waals surface area contributed by atoms with Crippen LogP contribution in [-0.4, -0.2) is 55.4 Å². The van der Waals surface area contributed by atoms with E-state index in [1.807, 2.05) is 0 Å². The van der Waals surface area contributed by atoms with Crippen LogP contribution in [0.4, 0.5) is 0 Å². The van der Waals surface area contributed by atoms with Gasteiger partial charge in [0.05, 0.1) is 15.1 Å². The minimum absolute atomic E-state index is 0. The maximum absolute atomic E-state index is 10.2. The zero-order valence-corrected chi connectivity index (χ0v) is 9.03. The molecule has 0 heterocycles. The SMILES string of the molecule is O=C(O)COc1cc(Cl)c(Cl)cc1Cl.[CaH2]. The molecule has 1 aromatic carbocycles. The van der Waals surface area contributed by atoms with Crippen LogP contribution in [0, 0.1) is 0 Å². The van der Waals surface area contributed by atoms with Crippen molar-refractivity contribution >= 4 is 78.5 Å². The molecule has 0 aliphatic heterocycles. The van der Waals surface area contributed by atoms with Gasteiger partial charge in [0.2, 0.25) is 0 Å². The number of carboxylic acid groups (broad SMARTS) is 1. The van der Waals surface area contributed by atoms with E-state index in [0.717, 1.165) is 0 Å². The van der Waals surface area contributed by atoms with Gasteiger partial charge in [-0.15, -0.1) is 0 Å². The van der Waals surface area contributed by atoms with Crippen molar-refractivity contribution in [3.05, 3.63) is 27.2 Å². The van der Waals surface area contributed by atoms with Gasteiger partial charge in [-0.05, 0) is 6.07 Å².